The maximum atomic E-state index is 11.5. The van der Waals surface area contributed by atoms with Crippen LogP contribution in [-0.4, -0.2) is 5.78 Å². The molecule has 1 heteroatoms. The first-order chi connectivity index (χ1) is 6.29. The van der Waals surface area contributed by atoms with E-state index in [1.807, 2.05) is 12.1 Å². The van der Waals surface area contributed by atoms with Crippen LogP contribution in [0.3, 0.4) is 0 Å². The highest BCUT2D eigenvalue weighted by Crippen LogP contribution is 2.32. The molecule has 1 atom stereocenters. The summed E-state index contributed by atoms with van der Waals surface area (Å²) in [7, 11) is 0. The number of rotatable bonds is 1. The number of carbonyl (C=O) groups is 1. The smallest absolute Gasteiger partial charge is 0.140 e. The highest BCUT2D eigenvalue weighted by Gasteiger charge is 2.26. The van der Waals surface area contributed by atoms with Crippen molar-refractivity contribution in [2.45, 2.75) is 32.1 Å². The van der Waals surface area contributed by atoms with Crippen LogP contribution in [0.1, 0.15) is 36.3 Å². The molecule has 1 saturated carbocycles. The van der Waals surface area contributed by atoms with Gasteiger partial charge in [0.2, 0.25) is 0 Å². The molecular weight excluding hydrogens is 160 g/mol. The van der Waals surface area contributed by atoms with Crippen molar-refractivity contribution >= 4 is 5.78 Å². The number of hydrogen-bond acceptors (Lipinski definition) is 1. The second kappa shape index (κ2) is 3.33. The minimum absolute atomic E-state index is 0.196. The third kappa shape index (κ3) is 1.51. The summed E-state index contributed by atoms with van der Waals surface area (Å²) < 4.78 is 0. The first kappa shape index (κ1) is 8.49. The van der Waals surface area contributed by atoms with Crippen LogP contribution in [0.15, 0.2) is 24.3 Å². The molecule has 68 valence electrons. The molecule has 0 unspecified atom stereocenters. The maximum absolute atomic E-state index is 11.5. The number of hydrogen-bond donors (Lipinski definition) is 0. The Morgan fingerprint density at radius 2 is 2.08 bits per heavy atom. The Hall–Kier alpha value is -1.11. The molecule has 13 heavy (non-hydrogen) atoms. The first-order valence-corrected chi connectivity index (χ1v) is 4.87. The van der Waals surface area contributed by atoms with Gasteiger partial charge in [-0.25, -0.2) is 0 Å². The molecule has 0 N–H and O–H groups in total. The Balaban J connectivity index is 2.34. The van der Waals surface area contributed by atoms with Gasteiger partial charge in [-0.1, -0.05) is 24.3 Å². The van der Waals surface area contributed by atoms with Gasteiger partial charge in [-0.15, -0.1) is 0 Å². The highest BCUT2D eigenvalue weighted by atomic mass is 16.1. The minimum Gasteiger partial charge on any atom is -0.299 e. The van der Waals surface area contributed by atoms with Crippen LogP contribution in [0.5, 0.6) is 0 Å². The van der Waals surface area contributed by atoms with Gasteiger partial charge >= 0.3 is 0 Å². The van der Waals surface area contributed by atoms with Crippen LogP contribution in [-0.2, 0) is 4.79 Å². The van der Waals surface area contributed by atoms with Gasteiger partial charge in [-0.3, -0.25) is 4.79 Å². The normalized spacial score (nSPS) is 22.2. The second-order valence-electron chi connectivity index (χ2n) is 3.77. The van der Waals surface area contributed by atoms with Crippen molar-refractivity contribution in [2.75, 3.05) is 0 Å². The van der Waals surface area contributed by atoms with Gasteiger partial charge in [0.25, 0.3) is 0 Å². The van der Waals surface area contributed by atoms with E-state index in [9.17, 15) is 4.79 Å². The Labute approximate surface area is 78.8 Å². The zero-order valence-electron chi connectivity index (χ0n) is 7.92. The van der Waals surface area contributed by atoms with Gasteiger partial charge in [-0.05, 0) is 30.9 Å². The SMILES string of the molecule is Cc1ccccc1[C@H]1CCCC1=O. The van der Waals surface area contributed by atoms with Gasteiger partial charge in [0, 0.05) is 12.3 Å². The van der Waals surface area contributed by atoms with Crippen LogP contribution in [0, 0.1) is 6.92 Å². The van der Waals surface area contributed by atoms with Gasteiger partial charge in [0.1, 0.15) is 5.78 Å². The van der Waals surface area contributed by atoms with E-state index >= 15 is 0 Å². The minimum atomic E-state index is 0.196. The van der Waals surface area contributed by atoms with E-state index in [-0.39, 0.29) is 5.92 Å². The molecule has 1 aromatic rings. The van der Waals surface area contributed by atoms with E-state index in [4.69, 9.17) is 0 Å². The molecule has 0 saturated heterocycles. The molecule has 0 heterocycles. The predicted molar refractivity (Wildman–Crippen MR) is 52.8 cm³/mol. The summed E-state index contributed by atoms with van der Waals surface area (Å²) in [5.74, 6) is 0.621. The van der Waals surface area contributed by atoms with Crippen LogP contribution in [0.2, 0.25) is 0 Å². The summed E-state index contributed by atoms with van der Waals surface area (Å²) in [6, 6.07) is 8.22. The molecule has 0 spiro atoms. The lowest BCUT2D eigenvalue weighted by Crippen LogP contribution is -2.05. The van der Waals surface area contributed by atoms with Crippen LogP contribution >= 0.6 is 0 Å². The summed E-state index contributed by atoms with van der Waals surface area (Å²) in [6.07, 6.45) is 2.89. The standard InChI is InChI=1S/C12H14O/c1-9-5-2-3-6-10(9)11-7-4-8-12(11)13/h2-3,5-6,11H,4,7-8H2,1H3/t11-/m1/s1. The van der Waals surface area contributed by atoms with Gasteiger partial charge < -0.3 is 0 Å². The third-order valence-electron chi connectivity index (χ3n) is 2.87. The molecule has 1 nitrogen and oxygen atoms in total. The molecule has 0 radical (unpaired) electrons. The lowest BCUT2D eigenvalue weighted by atomic mass is 9.93. The van der Waals surface area contributed by atoms with Crippen molar-refractivity contribution in [2.24, 2.45) is 0 Å². The quantitative estimate of drug-likeness (QED) is 0.639. The van der Waals surface area contributed by atoms with E-state index in [2.05, 4.69) is 19.1 Å². The van der Waals surface area contributed by atoms with Gasteiger partial charge in [-0.2, -0.15) is 0 Å². The lowest BCUT2D eigenvalue weighted by molar-refractivity contribution is -0.118. The van der Waals surface area contributed by atoms with Crippen molar-refractivity contribution in [3.05, 3.63) is 35.4 Å². The van der Waals surface area contributed by atoms with E-state index in [1.165, 1.54) is 11.1 Å². The van der Waals surface area contributed by atoms with Crippen molar-refractivity contribution in [1.29, 1.82) is 0 Å². The number of carbonyl (C=O) groups excluding carboxylic acids is 1. The van der Waals surface area contributed by atoms with Crippen molar-refractivity contribution < 1.29 is 4.79 Å². The molecular formula is C12H14O. The van der Waals surface area contributed by atoms with Gasteiger partial charge in [0.05, 0.1) is 0 Å². The number of ketones is 1. The zero-order valence-corrected chi connectivity index (χ0v) is 7.92. The topological polar surface area (TPSA) is 17.1 Å². The Morgan fingerprint density at radius 1 is 1.31 bits per heavy atom. The number of aryl methyl sites for hydroxylation is 1. The third-order valence-corrected chi connectivity index (χ3v) is 2.87. The summed E-state index contributed by atoms with van der Waals surface area (Å²) in [5.41, 5.74) is 2.49. The Bertz CT molecular complexity index is 328. The number of Topliss-reactive ketones (excluding diaryl/α,β-unsaturated/α-hetero) is 1. The summed E-state index contributed by atoms with van der Waals surface area (Å²) in [4.78, 5) is 11.5. The summed E-state index contributed by atoms with van der Waals surface area (Å²) >= 11 is 0. The fraction of sp³-hybridized carbons (Fsp3) is 0.417. The fourth-order valence-electron chi connectivity index (χ4n) is 2.12. The van der Waals surface area contributed by atoms with E-state index < -0.39 is 0 Å². The molecule has 1 aliphatic carbocycles. The largest absolute Gasteiger partial charge is 0.299 e. The van der Waals surface area contributed by atoms with E-state index in [1.54, 1.807) is 0 Å². The lowest BCUT2D eigenvalue weighted by Gasteiger charge is -2.10. The molecule has 0 amide bonds. The molecule has 1 aliphatic rings. The average molecular weight is 174 g/mol. The van der Waals surface area contributed by atoms with Crippen LogP contribution in [0.4, 0.5) is 0 Å². The van der Waals surface area contributed by atoms with Gasteiger partial charge in [0.15, 0.2) is 0 Å². The van der Waals surface area contributed by atoms with Crippen LogP contribution in [0.25, 0.3) is 0 Å². The van der Waals surface area contributed by atoms with Crippen LogP contribution < -0.4 is 0 Å². The number of benzene rings is 1. The van der Waals surface area contributed by atoms with E-state index in [0.29, 0.717) is 5.78 Å². The van der Waals surface area contributed by atoms with E-state index in [0.717, 1.165) is 19.3 Å². The summed E-state index contributed by atoms with van der Waals surface area (Å²) in [6.45, 7) is 2.08. The molecule has 0 bridgehead atoms. The molecule has 0 aromatic heterocycles. The zero-order chi connectivity index (χ0) is 9.26. The molecule has 1 fully saturated rings. The maximum Gasteiger partial charge on any atom is 0.140 e. The Kier molecular flexibility index (Phi) is 2.17. The predicted octanol–water partition coefficient (Wildman–Crippen LogP) is 2.83. The second-order valence-corrected chi connectivity index (χ2v) is 3.77. The molecule has 1 aromatic carbocycles. The molecule has 0 aliphatic heterocycles. The summed E-state index contributed by atoms with van der Waals surface area (Å²) in [5, 5.41) is 0. The average Bonchev–Trinajstić information content (AvgIpc) is 2.52. The van der Waals surface area contributed by atoms with Crippen molar-refractivity contribution in [1.82, 2.24) is 0 Å². The Morgan fingerprint density at radius 3 is 2.69 bits per heavy atom. The molecule has 2 rings (SSSR count). The van der Waals surface area contributed by atoms with Crippen molar-refractivity contribution in [3.8, 4) is 0 Å². The highest BCUT2D eigenvalue weighted by molar-refractivity contribution is 5.87. The van der Waals surface area contributed by atoms with Crippen molar-refractivity contribution in [3.63, 3.8) is 0 Å². The fourth-order valence-corrected chi connectivity index (χ4v) is 2.12. The first-order valence-electron chi connectivity index (χ1n) is 4.87. The monoisotopic (exact) mass is 174 g/mol.